The number of halogens is 1. The first-order valence-corrected chi connectivity index (χ1v) is 7.89. The Bertz CT molecular complexity index is 399. The van der Waals surface area contributed by atoms with Gasteiger partial charge in [-0.15, -0.1) is 0 Å². The fourth-order valence-corrected chi connectivity index (χ4v) is 3.68. The second-order valence-electron chi connectivity index (χ2n) is 5.29. The van der Waals surface area contributed by atoms with E-state index in [4.69, 9.17) is 0 Å². The van der Waals surface area contributed by atoms with Gasteiger partial charge < -0.3 is 5.32 Å². The van der Waals surface area contributed by atoms with Crippen LogP contribution in [0.2, 0.25) is 0 Å². The van der Waals surface area contributed by atoms with Gasteiger partial charge in [-0.25, -0.2) is 4.39 Å². The van der Waals surface area contributed by atoms with Crippen LogP contribution in [-0.2, 0) is 6.54 Å². The Balaban J connectivity index is 1.89. The molecule has 3 heteroatoms. The highest BCUT2D eigenvalue weighted by atomic mass is 32.2. The van der Waals surface area contributed by atoms with Crippen LogP contribution in [-0.4, -0.2) is 17.5 Å². The molecule has 1 N–H and O–H groups in total. The van der Waals surface area contributed by atoms with Crippen molar-refractivity contribution in [1.82, 2.24) is 5.32 Å². The molecule has 0 amide bonds. The largest absolute Gasteiger partial charge is 0.311 e. The molecule has 1 fully saturated rings. The SMILES string of the molecule is CSC1(CNCc2cc(C)ccc2F)CCCC1. The Kier molecular flexibility index (Phi) is 4.68. The van der Waals surface area contributed by atoms with Crippen molar-refractivity contribution in [2.45, 2.75) is 43.9 Å². The monoisotopic (exact) mass is 267 g/mol. The van der Waals surface area contributed by atoms with Gasteiger partial charge in [-0.2, -0.15) is 11.8 Å². The second-order valence-corrected chi connectivity index (χ2v) is 6.57. The van der Waals surface area contributed by atoms with Crippen molar-refractivity contribution in [3.63, 3.8) is 0 Å². The van der Waals surface area contributed by atoms with Gasteiger partial charge in [0, 0.05) is 23.4 Å². The maximum Gasteiger partial charge on any atom is 0.127 e. The van der Waals surface area contributed by atoms with Crippen LogP contribution in [0.4, 0.5) is 4.39 Å². The van der Waals surface area contributed by atoms with Crippen molar-refractivity contribution in [2.75, 3.05) is 12.8 Å². The predicted octanol–water partition coefficient (Wildman–Crippen LogP) is 3.90. The Morgan fingerprint density at radius 3 is 2.72 bits per heavy atom. The quantitative estimate of drug-likeness (QED) is 0.868. The average Bonchev–Trinajstić information content (AvgIpc) is 2.83. The first-order valence-electron chi connectivity index (χ1n) is 6.66. The number of benzene rings is 1. The highest BCUT2D eigenvalue weighted by Gasteiger charge is 2.32. The van der Waals surface area contributed by atoms with Gasteiger partial charge in [-0.3, -0.25) is 0 Å². The summed E-state index contributed by atoms with van der Waals surface area (Å²) in [6.45, 7) is 3.63. The van der Waals surface area contributed by atoms with Gasteiger partial charge in [0.2, 0.25) is 0 Å². The van der Waals surface area contributed by atoms with Crippen molar-refractivity contribution < 1.29 is 4.39 Å². The standard InChI is InChI=1S/C15H22FNS/c1-12-5-6-14(16)13(9-12)10-17-11-15(18-2)7-3-4-8-15/h5-6,9,17H,3-4,7-8,10-11H2,1-2H3. The topological polar surface area (TPSA) is 12.0 Å². The Hall–Kier alpha value is -0.540. The molecule has 0 radical (unpaired) electrons. The minimum Gasteiger partial charge on any atom is -0.311 e. The lowest BCUT2D eigenvalue weighted by atomic mass is 10.1. The summed E-state index contributed by atoms with van der Waals surface area (Å²) >= 11 is 1.97. The van der Waals surface area contributed by atoms with Crippen molar-refractivity contribution in [2.24, 2.45) is 0 Å². The molecular formula is C15H22FNS. The van der Waals surface area contributed by atoms with Gasteiger partial charge in [-0.1, -0.05) is 30.5 Å². The minimum atomic E-state index is -0.0993. The molecule has 1 nitrogen and oxygen atoms in total. The third-order valence-electron chi connectivity index (χ3n) is 3.91. The summed E-state index contributed by atoms with van der Waals surface area (Å²) in [6.07, 6.45) is 7.44. The van der Waals surface area contributed by atoms with Crippen molar-refractivity contribution in [3.05, 3.63) is 35.1 Å². The smallest absolute Gasteiger partial charge is 0.127 e. The van der Waals surface area contributed by atoms with E-state index in [-0.39, 0.29) is 5.82 Å². The van der Waals surface area contributed by atoms with E-state index in [9.17, 15) is 4.39 Å². The van der Waals surface area contributed by atoms with Gasteiger partial charge in [0.25, 0.3) is 0 Å². The fourth-order valence-electron chi connectivity index (χ4n) is 2.74. The molecule has 0 atom stereocenters. The first kappa shape index (κ1) is 13.9. The summed E-state index contributed by atoms with van der Waals surface area (Å²) in [5.74, 6) is -0.0993. The molecule has 0 spiro atoms. The first-order chi connectivity index (χ1) is 8.65. The van der Waals surface area contributed by atoms with E-state index in [0.717, 1.165) is 17.7 Å². The fraction of sp³-hybridized carbons (Fsp3) is 0.600. The zero-order valence-corrected chi connectivity index (χ0v) is 12.1. The maximum absolute atomic E-state index is 13.6. The lowest BCUT2D eigenvalue weighted by molar-refractivity contribution is 0.521. The minimum absolute atomic E-state index is 0.0993. The van der Waals surface area contributed by atoms with E-state index in [2.05, 4.69) is 11.6 Å². The molecule has 0 unspecified atom stereocenters. The van der Waals surface area contributed by atoms with E-state index >= 15 is 0 Å². The molecule has 1 aliphatic carbocycles. The summed E-state index contributed by atoms with van der Waals surface area (Å²) in [6, 6.07) is 5.31. The molecule has 18 heavy (non-hydrogen) atoms. The van der Waals surface area contributed by atoms with Crippen LogP contribution in [0.15, 0.2) is 18.2 Å². The molecule has 0 saturated heterocycles. The van der Waals surface area contributed by atoms with E-state index in [1.165, 1.54) is 25.7 Å². The molecule has 1 aromatic rings. The molecule has 0 aliphatic heterocycles. The van der Waals surface area contributed by atoms with Gasteiger partial charge in [-0.05, 0) is 32.1 Å². The van der Waals surface area contributed by atoms with E-state index < -0.39 is 0 Å². The average molecular weight is 267 g/mol. The third-order valence-corrected chi connectivity index (χ3v) is 5.33. The highest BCUT2D eigenvalue weighted by molar-refractivity contribution is 8.00. The van der Waals surface area contributed by atoms with Crippen LogP contribution in [0, 0.1) is 12.7 Å². The van der Waals surface area contributed by atoms with Crippen LogP contribution in [0.3, 0.4) is 0 Å². The Morgan fingerprint density at radius 1 is 1.33 bits per heavy atom. The van der Waals surface area contributed by atoms with Crippen molar-refractivity contribution in [3.8, 4) is 0 Å². The van der Waals surface area contributed by atoms with Gasteiger partial charge >= 0.3 is 0 Å². The highest BCUT2D eigenvalue weighted by Crippen LogP contribution is 2.39. The van der Waals surface area contributed by atoms with Crippen molar-refractivity contribution >= 4 is 11.8 Å². The molecule has 0 aromatic heterocycles. The molecule has 0 heterocycles. The van der Waals surface area contributed by atoms with Crippen LogP contribution >= 0.6 is 11.8 Å². The Labute approximate surface area is 114 Å². The number of hydrogen-bond donors (Lipinski definition) is 1. The summed E-state index contributed by atoms with van der Waals surface area (Å²) in [5.41, 5.74) is 1.90. The Morgan fingerprint density at radius 2 is 2.06 bits per heavy atom. The van der Waals surface area contributed by atoms with Gasteiger partial charge in [0.15, 0.2) is 0 Å². The predicted molar refractivity (Wildman–Crippen MR) is 77.6 cm³/mol. The van der Waals surface area contributed by atoms with Crippen LogP contribution in [0.25, 0.3) is 0 Å². The normalized spacial score (nSPS) is 18.2. The molecule has 100 valence electrons. The zero-order valence-electron chi connectivity index (χ0n) is 11.3. The molecule has 2 rings (SSSR count). The second kappa shape index (κ2) is 6.07. The molecular weight excluding hydrogens is 245 g/mol. The van der Waals surface area contributed by atoms with Crippen LogP contribution in [0.5, 0.6) is 0 Å². The number of nitrogens with one attached hydrogen (secondary N) is 1. The summed E-state index contributed by atoms with van der Waals surface area (Å²) in [7, 11) is 0. The lowest BCUT2D eigenvalue weighted by Crippen LogP contribution is -2.34. The van der Waals surface area contributed by atoms with Gasteiger partial charge in [0.1, 0.15) is 5.82 Å². The number of hydrogen-bond acceptors (Lipinski definition) is 2. The maximum atomic E-state index is 13.6. The summed E-state index contributed by atoms with van der Waals surface area (Å²) < 4.78 is 14.0. The van der Waals surface area contributed by atoms with Crippen molar-refractivity contribution in [1.29, 1.82) is 0 Å². The molecule has 1 aliphatic rings. The number of aryl methyl sites for hydroxylation is 1. The van der Waals surface area contributed by atoms with E-state index in [0.29, 0.717) is 11.3 Å². The van der Waals surface area contributed by atoms with Crippen LogP contribution < -0.4 is 5.32 Å². The summed E-state index contributed by atoms with van der Waals surface area (Å²) in [4.78, 5) is 0. The number of thioether (sulfide) groups is 1. The lowest BCUT2D eigenvalue weighted by Gasteiger charge is -2.27. The molecule has 0 bridgehead atoms. The molecule has 1 aromatic carbocycles. The van der Waals surface area contributed by atoms with Gasteiger partial charge in [0.05, 0.1) is 0 Å². The van der Waals surface area contributed by atoms with E-state index in [1.54, 1.807) is 6.07 Å². The third kappa shape index (κ3) is 3.27. The number of rotatable bonds is 5. The zero-order chi connectivity index (χ0) is 13.0. The van der Waals surface area contributed by atoms with Crippen LogP contribution in [0.1, 0.15) is 36.8 Å². The molecule has 1 saturated carbocycles. The summed E-state index contributed by atoms with van der Waals surface area (Å²) in [5, 5.41) is 3.44. The van der Waals surface area contributed by atoms with E-state index in [1.807, 2.05) is 30.8 Å².